The lowest BCUT2D eigenvalue weighted by Gasteiger charge is -2.16. The van der Waals surface area contributed by atoms with Gasteiger partial charge in [0.25, 0.3) is 0 Å². The monoisotopic (exact) mass is 496 g/mol. The molecule has 208 valence electrons. The molecule has 4 heteroatoms. The second kappa shape index (κ2) is 27.5. The number of carbonyl (C=O) groups is 2. The first kappa shape index (κ1) is 33.9. The number of carbonyl (C=O) groups excluding carboxylic acids is 1. The summed E-state index contributed by atoms with van der Waals surface area (Å²) in [5, 5.41) is 8.62. The van der Waals surface area contributed by atoms with Crippen molar-refractivity contribution in [3.05, 3.63) is 0 Å². The van der Waals surface area contributed by atoms with Crippen LogP contribution in [-0.4, -0.2) is 23.1 Å². The van der Waals surface area contributed by atoms with Crippen LogP contribution in [0.2, 0.25) is 0 Å². The molecule has 0 rings (SSSR count). The Morgan fingerprint density at radius 1 is 0.543 bits per heavy atom. The zero-order valence-corrected chi connectivity index (χ0v) is 23.6. The molecule has 4 nitrogen and oxygen atoms in total. The van der Waals surface area contributed by atoms with Crippen molar-refractivity contribution in [2.24, 2.45) is 0 Å². The first-order chi connectivity index (χ1) is 17.1. The minimum atomic E-state index is -0.671. The van der Waals surface area contributed by atoms with E-state index in [9.17, 15) is 9.59 Å². The van der Waals surface area contributed by atoms with Crippen molar-refractivity contribution < 1.29 is 19.4 Å². The molecule has 0 amide bonds. The molecule has 0 saturated heterocycles. The highest BCUT2D eigenvalue weighted by atomic mass is 16.5. The lowest BCUT2D eigenvalue weighted by molar-refractivity contribution is -0.149. The molecule has 0 aliphatic heterocycles. The number of aliphatic carboxylic acids is 1. The van der Waals surface area contributed by atoms with Gasteiger partial charge >= 0.3 is 11.9 Å². The molecular weight excluding hydrogens is 436 g/mol. The molecule has 0 aliphatic carbocycles. The molecule has 0 spiro atoms. The number of hydrogen-bond acceptors (Lipinski definition) is 3. The number of esters is 1. The summed E-state index contributed by atoms with van der Waals surface area (Å²) in [4.78, 5) is 22.6. The maximum Gasteiger partial charge on any atom is 0.306 e. The third-order valence-corrected chi connectivity index (χ3v) is 7.15. The van der Waals surface area contributed by atoms with Gasteiger partial charge in [-0.15, -0.1) is 0 Å². The van der Waals surface area contributed by atoms with E-state index in [1.165, 1.54) is 116 Å². The number of ether oxygens (including phenoxy) is 1. The molecule has 0 aromatic rings. The average Bonchev–Trinajstić information content (AvgIpc) is 2.84. The molecule has 1 atom stereocenters. The Labute approximate surface area is 218 Å². The van der Waals surface area contributed by atoms with Crippen LogP contribution in [0.4, 0.5) is 0 Å². The second-order valence-corrected chi connectivity index (χ2v) is 10.6. The van der Waals surface area contributed by atoms with Crippen molar-refractivity contribution in [3.63, 3.8) is 0 Å². The topological polar surface area (TPSA) is 63.6 Å². The highest BCUT2D eigenvalue weighted by Gasteiger charge is 2.12. The average molecular weight is 497 g/mol. The largest absolute Gasteiger partial charge is 0.481 e. The van der Waals surface area contributed by atoms with E-state index in [1.807, 2.05) is 0 Å². The molecule has 0 fully saturated rings. The second-order valence-electron chi connectivity index (χ2n) is 10.6. The predicted molar refractivity (Wildman–Crippen MR) is 149 cm³/mol. The summed E-state index contributed by atoms with van der Waals surface area (Å²) in [6.07, 6.45) is 30.4. The van der Waals surface area contributed by atoms with E-state index >= 15 is 0 Å². The Kier molecular flexibility index (Phi) is 26.7. The number of hydrogen-bond donors (Lipinski definition) is 1. The van der Waals surface area contributed by atoms with Gasteiger partial charge in [0.1, 0.15) is 6.10 Å². The molecule has 0 heterocycles. The predicted octanol–water partition coefficient (Wildman–Crippen LogP) is 10.2. The van der Waals surface area contributed by atoms with Gasteiger partial charge in [-0.3, -0.25) is 9.59 Å². The zero-order valence-electron chi connectivity index (χ0n) is 23.6. The van der Waals surface area contributed by atoms with Crippen molar-refractivity contribution in [1.29, 1.82) is 0 Å². The van der Waals surface area contributed by atoms with Crippen LogP contribution in [0, 0.1) is 0 Å². The van der Waals surface area contributed by atoms with Crippen molar-refractivity contribution in [2.75, 3.05) is 0 Å². The molecule has 0 radical (unpaired) electrons. The Bertz CT molecular complexity index is 463. The Balaban J connectivity index is 3.42. The molecule has 0 aromatic carbocycles. The minimum Gasteiger partial charge on any atom is -0.481 e. The standard InChI is InChI=1S/C31H60O4/c1-3-5-6-7-8-9-16-19-22-25-28-31(34)35-29(4-2)26-23-20-17-14-12-10-11-13-15-18-21-24-27-30(32)33/h29H,3-28H2,1-2H3,(H,32,33). The zero-order chi connectivity index (χ0) is 25.8. The van der Waals surface area contributed by atoms with Crippen LogP contribution in [-0.2, 0) is 14.3 Å². The van der Waals surface area contributed by atoms with Crippen LogP contribution in [0.15, 0.2) is 0 Å². The fourth-order valence-electron chi connectivity index (χ4n) is 4.76. The molecule has 1 unspecified atom stereocenters. The first-order valence-electron chi connectivity index (χ1n) is 15.5. The number of rotatable bonds is 28. The van der Waals surface area contributed by atoms with Gasteiger partial charge < -0.3 is 9.84 Å². The Morgan fingerprint density at radius 2 is 0.914 bits per heavy atom. The van der Waals surface area contributed by atoms with E-state index in [0.717, 1.165) is 38.5 Å². The van der Waals surface area contributed by atoms with Crippen LogP contribution in [0.25, 0.3) is 0 Å². The lowest BCUT2D eigenvalue weighted by Crippen LogP contribution is -2.17. The van der Waals surface area contributed by atoms with Gasteiger partial charge in [0, 0.05) is 12.8 Å². The van der Waals surface area contributed by atoms with Crippen molar-refractivity contribution in [3.8, 4) is 0 Å². The smallest absolute Gasteiger partial charge is 0.306 e. The van der Waals surface area contributed by atoms with E-state index < -0.39 is 5.97 Å². The van der Waals surface area contributed by atoms with E-state index in [2.05, 4.69) is 13.8 Å². The number of carboxylic acid groups (broad SMARTS) is 1. The highest BCUT2D eigenvalue weighted by Crippen LogP contribution is 2.16. The summed E-state index contributed by atoms with van der Waals surface area (Å²) in [5.41, 5.74) is 0. The third kappa shape index (κ3) is 27.4. The van der Waals surface area contributed by atoms with Gasteiger partial charge in [-0.25, -0.2) is 0 Å². The molecule has 0 bridgehead atoms. The summed E-state index contributed by atoms with van der Waals surface area (Å²) in [5.74, 6) is -0.658. The quantitative estimate of drug-likeness (QED) is 0.0864. The van der Waals surface area contributed by atoms with E-state index in [1.54, 1.807) is 0 Å². The van der Waals surface area contributed by atoms with Gasteiger partial charge in [0.05, 0.1) is 0 Å². The summed E-state index contributed by atoms with van der Waals surface area (Å²) >= 11 is 0. The Hall–Kier alpha value is -1.06. The van der Waals surface area contributed by atoms with Crippen molar-refractivity contribution in [1.82, 2.24) is 0 Å². The SMILES string of the molecule is CCCCCCCCCCCCC(=O)OC(CC)CCCCCCCCCCCCCCC(=O)O. The normalized spacial score (nSPS) is 12.1. The lowest BCUT2D eigenvalue weighted by atomic mass is 10.0. The van der Waals surface area contributed by atoms with Gasteiger partial charge in [0.2, 0.25) is 0 Å². The molecular formula is C31H60O4. The summed E-state index contributed by atoms with van der Waals surface area (Å²) in [6, 6.07) is 0. The summed E-state index contributed by atoms with van der Waals surface area (Å²) in [6.45, 7) is 4.39. The molecule has 0 saturated carbocycles. The molecule has 0 aliphatic rings. The first-order valence-corrected chi connectivity index (χ1v) is 15.5. The fourth-order valence-corrected chi connectivity index (χ4v) is 4.76. The Morgan fingerprint density at radius 3 is 1.31 bits per heavy atom. The van der Waals surface area contributed by atoms with E-state index in [0.29, 0.717) is 12.8 Å². The van der Waals surface area contributed by atoms with Gasteiger partial charge in [-0.2, -0.15) is 0 Å². The number of carboxylic acids is 1. The van der Waals surface area contributed by atoms with Crippen LogP contribution >= 0.6 is 0 Å². The van der Waals surface area contributed by atoms with Gasteiger partial charge in [0.15, 0.2) is 0 Å². The van der Waals surface area contributed by atoms with Crippen LogP contribution < -0.4 is 0 Å². The van der Waals surface area contributed by atoms with Gasteiger partial charge in [-0.05, 0) is 32.1 Å². The minimum absolute atomic E-state index is 0.0123. The maximum atomic E-state index is 12.2. The molecule has 0 aromatic heterocycles. The van der Waals surface area contributed by atoms with Crippen molar-refractivity contribution in [2.45, 2.75) is 187 Å². The summed E-state index contributed by atoms with van der Waals surface area (Å²) < 4.78 is 5.73. The molecule has 1 N–H and O–H groups in total. The van der Waals surface area contributed by atoms with Gasteiger partial charge in [-0.1, -0.05) is 136 Å². The third-order valence-electron chi connectivity index (χ3n) is 7.15. The van der Waals surface area contributed by atoms with Crippen LogP contribution in [0.5, 0.6) is 0 Å². The van der Waals surface area contributed by atoms with Crippen molar-refractivity contribution >= 4 is 11.9 Å². The fraction of sp³-hybridized carbons (Fsp3) is 0.935. The van der Waals surface area contributed by atoms with Crippen LogP contribution in [0.1, 0.15) is 181 Å². The maximum absolute atomic E-state index is 12.2. The summed E-state index contributed by atoms with van der Waals surface area (Å²) in [7, 11) is 0. The van der Waals surface area contributed by atoms with E-state index in [-0.39, 0.29) is 12.1 Å². The number of unbranched alkanes of at least 4 members (excludes halogenated alkanes) is 20. The molecule has 35 heavy (non-hydrogen) atoms. The highest BCUT2D eigenvalue weighted by molar-refractivity contribution is 5.69. The van der Waals surface area contributed by atoms with E-state index in [4.69, 9.17) is 9.84 Å². The van der Waals surface area contributed by atoms with Crippen LogP contribution in [0.3, 0.4) is 0 Å².